The molecule has 0 heterocycles. The van der Waals surface area contributed by atoms with Gasteiger partial charge in [-0.15, -0.1) is 0 Å². The van der Waals surface area contributed by atoms with Gasteiger partial charge in [-0.3, -0.25) is 9.69 Å². The lowest BCUT2D eigenvalue weighted by atomic mass is 9.92. The molecule has 1 fully saturated rings. The van der Waals surface area contributed by atoms with Crippen LogP contribution in [-0.2, 0) is 17.9 Å². The van der Waals surface area contributed by atoms with Gasteiger partial charge in [0.25, 0.3) is 0 Å². The molecule has 0 aliphatic heterocycles. The van der Waals surface area contributed by atoms with E-state index in [0.717, 1.165) is 32.4 Å². The first-order chi connectivity index (χ1) is 10.8. The van der Waals surface area contributed by atoms with Gasteiger partial charge in [-0.2, -0.15) is 0 Å². The molecule has 0 bridgehead atoms. The fourth-order valence-corrected chi connectivity index (χ4v) is 3.26. The second-order valence-electron chi connectivity index (χ2n) is 6.17. The molecule has 3 rings (SSSR count). The summed E-state index contributed by atoms with van der Waals surface area (Å²) in [6, 6.07) is 21.5. The molecule has 0 spiro atoms. The number of carbonyl (C=O) groups excluding carboxylic acids is 1. The molecule has 2 heteroatoms. The standard InChI is InChI=1S/C20H23NO/c22-20-13-7-12-19(14-20)21(15-17-8-3-1-4-9-17)16-18-10-5-2-6-11-18/h1-6,8-11,19H,7,12-16H2. The lowest BCUT2D eigenvalue weighted by Gasteiger charge is -2.34. The van der Waals surface area contributed by atoms with E-state index in [1.54, 1.807) is 0 Å². The van der Waals surface area contributed by atoms with Gasteiger partial charge in [0.1, 0.15) is 5.78 Å². The van der Waals surface area contributed by atoms with E-state index in [9.17, 15) is 4.79 Å². The van der Waals surface area contributed by atoms with E-state index in [2.05, 4.69) is 65.6 Å². The molecule has 114 valence electrons. The van der Waals surface area contributed by atoms with Crippen molar-refractivity contribution in [2.24, 2.45) is 0 Å². The third-order valence-corrected chi connectivity index (χ3v) is 4.43. The number of ketones is 1. The number of hydrogen-bond acceptors (Lipinski definition) is 2. The topological polar surface area (TPSA) is 20.3 Å². The number of nitrogens with zero attached hydrogens (tertiary/aromatic N) is 1. The minimum absolute atomic E-state index is 0.377. The first-order valence-electron chi connectivity index (χ1n) is 8.15. The van der Waals surface area contributed by atoms with Crippen LogP contribution in [0.4, 0.5) is 0 Å². The van der Waals surface area contributed by atoms with E-state index in [1.807, 2.05) is 0 Å². The summed E-state index contributed by atoms with van der Waals surface area (Å²) < 4.78 is 0. The first-order valence-corrected chi connectivity index (χ1v) is 8.15. The summed E-state index contributed by atoms with van der Waals surface area (Å²) in [6.07, 6.45) is 3.63. The molecule has 2 nitrogen and oxygen atoms in total. The monoisotopic (exact) mass is 293 g/mol. The van der Waals surface area contributed by atoms with E-state index < -0.39 is 0 Å². The van der Waals surface area contributed by atoms with Crippen molar-refractivity contribution in [1.82, 2.24) is 4.90 Å². The highest BCUT2D eigenvalue weighted by Gasteiger charge is 2.25. The minimum atomic E-state index is 0.377. The maximum absolute atomic E-state index is 11.9. The molecule has 22 heavy (non-hydrogen) atoms. The number of carbonyl (C=O) groups is 1. The van der Waals surface area contributed by atoms with Gasteiger partial charge in [-0.25, -0.2) is 0 Å². The Hall–Kier alpha value is -1.93. The van der Waals surface area contributed by atoms with E-state index in [4.69, 9.17) is 0 Å². The lowest BCUT2D eigenvalue weighted by molar-refractivity contribution is -0.122. The maximum atomic E-state index is 11.9. The number of benzene rings is 2. The summed E-state index contributed by atoms with van der Waals surface area (Å²) in [5.74, 6) is 0.419. The van der Waals surface area contributed by atoms with Crippen molar-refractivity contribution in [3.8, 4) is 0 Å². The van der Waals surface area contributed by atoms with Crippen LogP contribution in [0.15, 0.2) is 60.7 Å². The first kappa shape index (κ1) is 15.0. The van der Waals surface area contributed by atoms with Crippen molar-refractivity contribution in [3.05, 3.63) is 71.8 Å². The lowest BCUT2D eigenvalue weighted by Crippen LogP contribution is -2.38. The highest BCUT2D eigenvalue weighted by Crippen LogP contribution is 2.24. The SMILES string of the molecule is O=C1CCCC(N(Cc2ccccc2)Cc2ccccc2)C1. The molecule has 2 aromatic carbocycles. The van der Waals surface area contributed by atoms with Crippen molar-refractivity contribution in [1.29, 1.82) is 0 Å². The zero-order valence-electron chi connectivity index (χ0n) is 12.9. The molecular formula is C20H23NO. The Labute approximate surface area is 132 Å². The van der Waals surface area contributed by atoms with Crippen molar-refractivity contribution in [3.63, 3.8) is 0 Å². The molecule has 0 radical (unpaired) electrons. The number of Topliss-reactive ketones (excluding diaryl/α,β-unsaturated/α-hetero) is 1. The molecule has 1 aliphatic rings. The molecule has 2 aromatic rings. The predicted molar refractivity (Wildman–Crippen MR) is 89.4 cm³/mol. The second kappa shape index (κ2) is 7.37. The van der Waals surface area contributed by atoms with Crippen LogP contribution in [0.5, 0.6) is 0 Å². The van der Waals surface area contributed by atoms with Crippen molar-refractivity contribution in [2.75, 3.05) is 0 Å². The smallest absolute Gasteiger partial charge is 0.134 e. The second-order valence-corrected chi connectivity index (χ2v) is 6.17. The van der Waals surface area contributed by atoms with Gasteiger partial charge in [0.15, 0.2) is 0 Å². The highest BCUT2D eigenvalue weighted by molar-refractivity contribution is 5.79. The van der Waals surface area contributed by atoms with Crippen molar-refractivity contribution < 1.29 is 4.79 Å². The Morgan fingerprint density at radius 3 is 1.91 bits per heavy atom. The molecule has 0 saturated heterocycles. The highest BCUT2D eigenvalue weighted by atomic mass is 16.1. The molecule has 1 atom stereocenters. The zero-order chi connectivity index (χ0) is 15.2. The van der Waals surface area contributed by atoms with Crippen LogP contribution in [0.2, 0.25) is 0 Å². The summed E-state index contributed by atoms with van der Waals surface area (Å²) in [4.78, 5) is 14.3. The molecule has 1 aliphatic carbocycles. The van der Waals surface area contributed by atoms with E-state index in [-0.39, 0.29) is 0 Å². The molecule has 0 amide bonds. The molecule has 1 saturated carbocycles. The van der Waals surface area contributed by atoms with E-state index in [1.165, 1.54) is 11.1 Å². The van der Waals surface area contributed by atoms with Crippen LogP contribution >= 0.6 is 0 Å². The molecule has 0 N–H and O–H groups in total. The van der Waals surface area contributed by atoms with Gasteiger partial charge in [-0.05, 0) is 24.0 Å². The van der Waals surface area contributed by atoms with Crippen LogP contribution in [0.25, 0.3) is 0 Å². The zero-order valence-corrected chi connectivity index (χ0v) is 12.9. The minimum Gasteiger partial charge on any atom is -0.300 e. The maximum Gasteiger partial charge on any atom is 0.134 e. The third kappa shape index (κ3) is 4.05. The van der Waals surface area contributed by atoms with Crippen LogP contribution in [0, 0.1) is 0 Å². The fourth-order valence-electron chi connectivity index (χ4n) is 3.26. The fraction of sp³-hybridized carbons (Fsp3) is 0.350. The number of rotatable bonds is 5. The molecule has 0 aromatic heterocycles. The Bertz CT molecular complexity index is 552. The molecule has 1 unspecified atom stereocenters. The normalized spacial score (nSPS) is 18.6. The summed E-state index contributed by atoms with van der Waals surface area (Å²) >= 11 is 0. The van der Waals surface area contributed by atoms with Crippen LogP contribution in [0.1, 0.15) is 36.8 Å². The Balaban J connectivity index is 1.76. The van der Waals surface area contributed by atoms with Crippen LogP contribution in [0.3, 0.4) is 0 Å². The summed E-state index contributed by atoms with van der Waals surface area (Å²) in [5, 5.41) is 0. The van der Waals surface area contributed by atoms with Crippen molar-refractivity contribution >= 4 is 5.78 Å². The van der Waals surface area contributed by atoms with E-state index in [0.29, 0.717) is 18.2 Å². The van der Waals surface area contributed by atoms with Gasteiger partial charge >= 0.3 is 0 Å². The summed E-state index contributed by atoms with van der Waals surface area (Å²) in [5.41, 5.74) is 2.63. The predicted octanol–water partition coefficient (Wildman–Crippen LogP) is 4.20. The Morgan fingerprint density at radius 1 is 0.864 bits per heavy atom. The quantitative estimate of drug-likeness (QED) is 0.823. The molecular weight excluding hydrogens is 270 g/mol. The van der Waals surface area contributed by atoms with Crippen LogP contribution < -0.4 is 0 Å². The van der Waals surface area contributed by atoms with Gasteiger partial charge in [0.05, 0.1) is 0 Å². The number of hydrogen-bond donors (Lipinski definition) is 0. The van der Waals surface area contributed by atoms with Gasteiger partial charge in [-0.1, -0.05) is 60.7 Å². The van der Waals surface area contributed by atoms with Crippen molar-refractivity contribution in [2.45, 2.75) is 44.8 Å². The third-order valence-electron chi connectivity index (χ3n) is 4.43. The Kier molecular flexibility index (Phi) is 5.02. The largest absolute Gasteiger partial charge is 0.300 e. The summed E-state index contributed by atoms with van der Waals surface area (Å²) in [6.45, 7) is 1.82. The van der Waals surface area contributed by atoms with Gasteiger partial charge < -0.3 is 0 Å². The van der Waals surface area contributed by atoms with E-state index >= 15 is 0 Å². The summed E-state index contributed by atoms with van der Waals surface area (Å²) in [7, 11) is 0. The van der Waals surface area contributed by atoms with Gasteiger partial charge in [0, 0.05) is 32.0 Å². The average molecular weight is 293 g/mol. The Morgan fingerprint density at radius 2 is 1.41 bits per heavy atom. The average Bonchev–Trinajstić information content (AvgIpc) is 2.56. The van der Waals surface area contributed by atoms with Crippen LogP contribution in [-0.4, -0.2) is 16.7 Å². The van der Waals surface area contributed by atoms with Gasteiger partial charge in [0.2, 0.25) is 0 Å².